The number of carbonyl (C=O) groups excluding carboxylic acids is 2. The summed E-state index contributed by atoms with van der Waals surface area (Å²) < 4.78 is 0. The van der Waals surface area contributed by atoms with Crippen molar-refractivity contribution < 1.29 is 26.6 Å². The average molecular weight is 711 g/mol. The molecule has 1 atom stereocenters. The Morgan fingerprint density at radius 1 is 0.761 bits per heavy atom. The number of carbonyl (C=O) groups is 2. The highest BCUT2D eigenvalue weighted by Gasteiger charge is 2.35. The first kappa shape index (κ1) is 38.0. The van der Waals surface area contributed by atoms with E-state index >= 15 is 0 Å². The third-order valence-corrected chi connectivity index (χ3v) is 14.3. The highest BCUT2D eigenvalue weighted by atomic mass is 79.9. The number of hydrogen-bond acceptors (Lipinski definition) is 2. The summed E-state index contributed by atoms with van der Waals surface area (Å²) in [5.41, 5.74) is 3.19. The summed E-state index contributed by atoms with van der Waals surface area (Å²) in [7, 11) is -1.06. The van der Waals surface area contributed by atoms with Crippen molar-refractivity contribution in [2.45, 2.75) is 116 Å². The maximum absolute atomic E-state index is 13.7. The zero-order valence-electron chi connectivity index (χ0n) is 28.5. The van der Waals surface area contributed by atoms with Gasteiger partial charge in [0, 0.05) is 25.4 Å². The van der Waals surface area contributed by atoms with Crippen molar-refractivity contribution in [3.63, 3.8) is 0 Å². The third-order valence-electron chi connectivity index (χ3n) is 9.51. The van der Waals surface area contributed by atoms with Gasteiger partial charge in [-0.05, 0) is 66.1 Å². The minimum absolute atomic E-state index is 0. The van der Waals surface area contributed by atoms with Crippen molar-refractivity contribution in [1.29, 1.82) is 0 Å². The smallest absolute Gasteiger partial charge is 0.315 e. The van der Waals surface area contributed by atoms with Crippen LogP contribution in [0.5, 0.6) is 0 Å². The van der Waals surface area contributed by atoms with Gasteiger partial charge in [-0.15, -0.1) is 0 Å². The maximum atomic E-state index is 13.7. The predicted molar refractivity (Wildman–Crippen MR) is 195 cm³/mol. The number of nitrogens with one attached hydrogen (secondary N) is 3. The van der Waals surface area contributed by atoms with E-state index in [9.17, 15) is 9.59 Å². The quantitative estimate of drug-likeness (QED) is 0.133. The molecule has 0 unspecified atom stereocenters. The summed E-state index contributed by atoms with van der Waals surface area (Å²) >= 11 is 0. The first-order chi connectivity index (χ1) is 21.9. The Labute approximate surface area is 289 Å². The molecule has 7 heteroatoms. The number of amides is 3. The van der Waals surface area contributed by atoms with Crippen molar-refractivity contribution in [2.75, 3.05) is 23.8 Å². The molecule has 1 saturated carbocycles. The van der Waals surface area contributed by atoms with E-state index in [2.05, 4.69) is 91.3 Å². The van der Waals surface area contributed by atoms with Gasteiger partial charge in [-0.3, -0.25) is 4.79 Å². The zero-order chi connectivity index (χ0) is 31.9. The molecule has 0 radical (unpaired) electrons. The molecule has 3 aromatic rings. The van der Waals surface area contributed by atoms with Gasteiger partial charge in [0.05, 0.1) is 24.6 Å². The van der Waals surface area contributed by atoms with Crippen LogP contribution >= 0.6 is 7.26 Å². The number of unbranched alkanes of at least 4 members (excludes halogenated alkanes) is 3. The highest BCUT2D eigenvalue weighted by molar-refractivity contribution is 7.75. The van der Waals surface area contributed by atoms with Crippen molar-refractivity contribution >= 4 is 35.7 Å². The summed E-state index contributed by atoms with van der Waals surface area (Å²) in [6, 6.07) is 22.3. The van der Waals surface area contributed by atoms with Crippen LogP contribution in [0.2, 0.25) is 0 Å². The van der Waals surface area contributed by atoms with Crippen molar-refractivity contribution in [2.24, 2.45) is 0 Å². The van der Waals surface area contributed by atoms with Crippen LogP contribution in [0.1, 0.15) is 103 Å². The second-order valence-electron chi connectivity index (χ2n) is 13.3. The lowest BCUT2D eigenvalue weighted by Crippen LogP contribution is -3.00. The molecule has 252 valence electrons. The Morgan fingerprint density at radius 2 is 1.35 bits per heavy atom. The molecule has 1 aliphatic carbocycles. The van der Waals surface area contributed by atoms with Crippen molar-refractivity contribution in [3.8, 4) is 0 Å². The van der Waals surface area contributed by atoms with E-state index in [0.717, 1.165) is 47.7 Å². The van der Waals surface area contributed by atoms with E-state index < -0.39 is 13.3 Å². The maximum Gasteiger partial charge on any atom is 0.315 e. The van der Waals surface area contributed by atoms with E-state index in [1.807, 2.05) is 12.1 Å². The largest absolute Gasteiger partial charge is 1.00 e. The molecular weight excluding hydrogens is 653 g/mol. The van der Waals surface area contributed by atoms with Gasteiger partial charge in [-0.25, -0.2) is 4.79 Å². The Kier molecular flexibility index (Phi) is 16.6. The second kappa shape index (κ2) is 20.1. The number of fused-ring (bicyclic) bond motifs is 1. The SMILES string of the molecule is CCCC[P+](CCCC)(CCCC)Cc1ccc(NC(=O)[C@H](Cc2ccc3ccccc3c2)NC(=O)NC2CCCCC2)cc1.[Br-]. The van der Waals surface area contributed by atoms with Crippen LogP contribution in [-0.2, 0) is 17.4 Å². The summed E-state index contributed by atoms with van der Waals surface area (Å²) in [5.74, 6) is -0.189. The van der Waals surface area contributed by atoms with Gasteiger partial charge in [0.25, 0.3) is 0 Å². The number of hydrogen-bond donors (Lipinski definition) is 3. The minimum Gasteiger partial charge on any atom is -1.00 e. The Bertz CT molecular complexity index is 1320. The lowest BCUT2D eigenvalue weighted by atomic mass is 9.96. The molecule has 0 aromatic heterocycles. The van der Waals surface area contributed by atoms with Crippen LogP contribution in [0, 0.1) is 0 Å². The van der Waals surface area contributed by atoms with Gasteiger partial charge in [0.1, 0.15) is 6.04 Å². The van der Waals surface area contributed by atoms with E-state index in [1.165, 1.54) is 75.2 Å². The second-order valence-corrected chi connectivity index (χ2v) is 17.6. The number of rotatable bonds is 17. The number of benzene rings is 3. The molecule has 1 aliphatic rings. The molecular formula is C39H57BrN3O2P. The minimum atomic E-state index is -1.06. The Balaban J connectivity index is 0.00000576. The van der Waals surface area contributed by atoms with Crippen LogP contribution < -0.4 is 32.9 Å². The molecule has 0 bridgehead atoms. The lowest BCUT2D eigenvalue weighted by Gasteiger charge is -2.28. The van der Waals surface area contributed by atoms with E-state index in [0.29, 0.717) is 6.42 Å². The molecule has 0 spiro atoms. The fourth-order valence-electron chi connectivity index (χ4n) is 6.81. The molecule has 0 heterocycles. The molecule has 4 rings (SSSR count). The van der Waals surface area contributed by atoms with Crippen molar-refractivity contribution in [3.05, 3.63) is 77.9 Å². The molecule has 46 heavy (non-hydrogen) atoms. The number of halogens is 1. The zero-order valence-corrected chi connectivity index (χ0v) is 30.9. The first-order valence-corrected chi connectivity index (χ1v) is 20.3. The summed E-state index contributed by atoms with van der Waals surface area (Å²) in [5, 5.41) is 11.6. The molecule has 0 saturated heterocycles. The molecule has 5 nitrogen and oxygen atoms in total. The highest BCUT2D eigenvalue weighted by Crippen LogP contribution is 2.63. The molecule has 0 aliphatic heterocycles. The van der Waals surface area contributed by atoms with Crippen LogP contribution in [-0.4, -0.2) is 42.5 Å². The van der Waals surface area contributed by atoms with Gasteiger partial charge < -0.3 is 32.9 Å². The van der Waals surface area contributed by atoms with Crippen LogP contribution in [0.4, 0.5) is 10.5 Å². The average Bonchev–Trinajstić information content (AvgIpc) is 3.06. The normalized spacial score (nSPS) is 14.3. The first-order valence-electron chi connectivity index (χ1n) is 17.7. The fraction of sp³-hybridized carbons (Fsp3) is 0.538. The van der Waals surface area contributed by atoms with Gasteiger partial charge in [-0.1, -0.05) is 114 Å². The van der Waals surface area contributed by atoms with Crippen LogP contribution in [0.3, 0.4) is 0 Å². The molecule has 3 N–H and O–H groups in total. The predicted octanol–water partition coefficient (Wildman–Crippen LogP) is 6.94. The fourth-order valence-corrected chi connectivity index (χ4v) is 11.9. The van der Waals surface area contributed by atoms with Crippen LogP contribution in [0.25, 0.3) is 10.8 Å². The number of urea groups is 1. The Hall–Kier alpha value is -2.43. The summed E-state index contributed by atoms with van der Waals surface area (Å²) in [6.07, 6.45) is 19.1. The van der Waals surface area contributed by atoms with Crippen LogP contribution in [0.15, 0.2) is 66.7 Å². The van der Waals surface area contributed by atoms with Gasteiger partial charge in [0.15, 0.2) is 0 Å². The Morgan fingerprint density at radius 3 is 1.96 bits per heavy atom. The topological polar surface area (TPSA) is 70.2 Å². The van der Waals surface area contributed by atoms with Gasteiger partial charge in [0.2, 0.25) is 5.91 Å². The van der Waals surface area contributed by atoms with E-state index in [1.54, 1.807) is 0 Å². The molecule has 3 aromatic carbocycles. The molecule has 3 amide bonds. The lowest BCUT2D eigenvalue weighted by molar-refractivity contribution is -0.117. The van der Waals surface area contributed by atoms with Gasteiger partial charge >= 0.3 is 6.03 Å². The monoisotopic (exact) mass is 709 g/mol. The van der Waals surface area contributed by atoms with Gasteiger partial charge in [-0.2, -0.15) is 0 Å². The summed E-state index contributed by atoms with van der Waals surface area (Å²) in [4.78, 5) is 26.8. The summed E-state index contributed by atoms with van der Waals surface area (Å²) in [6.45, 7) is 6.94. The van der Waals surface area contributed by atoms with E-state index in [4.69, 9.17) is 0 Å². The third kappa shape index (κ3) is 12.0. The van der Waals surface area contributed by atoms with Crippen molar-refractivity contribution in [1.82, 2.24) is 10.6 Å². The van der Waals surface area contributed by atoms with E-state index in [-0.39, 0.29) is 35.0 Å². The number of anilines is 1. The standard InChI is InChI=1S/C39H56N3O2P.BrH/c1-4-7-25-45(26-8-5-2,27-9-6-3)30-31-20-23-36(24-21-31)40-38(43)37(42-39(44)41-35-17-11-10-12-18-35)29-32-19-22-33-15-13-14-16-34(33)28-32;/h13-16,19-24,28,35,37H,4-12,17-18,25-27,29-30H2,1-3H3,(H2-,40,41,42,43,44);1H/t37-;/m0./s1. The molecule has 1 fully saturated rings.